The second-order valence-electron chi connectivity index (χ2n) is 6.01. The largest absolute Gasteiger partial charge is 0.320 e. The van der Waals surface area contributed by atoms with Crippen LogP contribution in [-0.2, 0) is 5.41 Å². The minimum absolute atomic E-state index is 0.141. The van der Waals surface area contributed by atoms with Gasteiger partial charge in [-0.15, -0.1) is 0 Å². The summed E-state index contributed by atoms with van der Waals surface area (Å²) in [7, 11) is 0. The van der Waals surface area contributed by atoms with Gasteiger partial charge in [-0.1, -0.05) is 62.7 Å². The zero-order chi connectivity index (χ0) is 15.6. The molecule has 2 N–H and O–H groups in total. The van der Waals surface area contributed by atoms with E-state index in [1.165, 1.54) is 5.56 Å². The maximum Gasteiger partial charge on any atom is 0.0552 e. The predicted molar refractivity (Wildman–Crippen MR) is 94.9 cm³/mol. The van der Waals surface area contributed by atoms with E-state index in [0.717, 1.165) is 22.0 Å². The van der Waals surface area contributed by atoms with Crippen LogP contribution in [-0.4, -0.2) is 0 Å². The summed E-state index contributed by atoms with van der Waals surface area (Å²) in [6, 6.07) is 14.3. The van der Waals surface area contributed by atoms with Crippen LogP contribution < -0.4 is 5.73 Å². The third-order valence-corrected chi connectivity index (χ3v) is 5.45. The van der Waals surface area contributed by atoms with Gasteiger partial charge in [-0.25, -0.2) is 0 Å². The lowest BCUT2D eigenvalue weighted by Gasteiger charge is -2.24. The Morgan fingerprint density at radius 1 is 1.10 bits per heavy atom. The van der Waals surface area contributed by atoms with E-state index >= 15 is 0 Å². The molecule has 0 amide bonds. The molecule has 0 fully saturated rings. The van der Waals surface area contributed by atoms with Gasteiger partial charge in [-0.2, -0.15) is 0 Å². The second-order valence-corrected chi connectivity index (χ2v) is 7.27. The van der Waals surface area contributed by atoms with Crippen LogP contribution in [0.15, 0.2) is 46.9 Å². The molecule has 21 heavy (non-hydrogen) atoms. The van der Waals surface area contributed by atoms with Crippen molar-refractivity contribution in [2.24, 2.45) is 5.73 Å². The SMILES string of the molecule is CCC(C)(C)c1ccc(C(N)c2ccc(Cl)c(Br)c2)cc1. The van der Waals surface area contributed by atoms with Crippen molar-refractivity contribution < 1.29 is 0 Å². The van der Waals surface area contributed by atoms with Crippen molar-refractivity contribution in [2.45, 2.75) is 38.6 Å². The van der Waals surface area contributed by atoms with Crippen LogP contribution in [0.4, 0.5) is 0 Å². The van der Waals surface area contributed by atoms with Crippen molar-refractivity contribution in [3.63, 3.8) is 0 Å². The molecule has 0 aliphatic carbocycles. The molecule has 2 aromatic rings. The maximum atomic E-state index is 6.36. The molecule has 2 rings (SSSR count). The van der Waals surface area contributed by atoms with Gasteiger partial charge in [0.05, 0.1) is 11.1 Å². The van der Waals surface area contributed by atoms with E-state index in [1.54, 1.807) is 0 Å². The summed E-state index contributed by atoms with van der Waals surface area (Å²) in [6.45, 7) is 6.74. The van der Waals surface area contributed by atoms with Crippen molar-refractivity contribution in [1.82, 2.24) is 0 Å². The Kier molecular flexibility index (Phi) is 5.13. The molecule has 1 atom stereocenters. The second kappa shape index (κ2) is 6.51. The van der Waals surface area contributed by atoms with Gasteiger partial charge in [0.25, 0.3) is 0 Å². The molecule has 3 heteroatoms. The van der Waals surface area contributed by atoms with Crippen molar-refractivity contribution >= 4 is 27.5 Å². The van der Waals surface area contributed by atoms with Gasteiger partial charge >= 0.3 is 0 Å². The van der Waals surface area contributed by atoms with Crippen LogP contribution in [0.5, 0.6) is 0 Å². The number of rotatable bonds is 4. The summed E-state index contributed by atoms with van der Waals surface area (Å²) in [6.07, 6.45) is 1.11. The summed E-state index contributed by atoms with van der Waals surface area (Å²) in [4.78, 5) is 0. The lowest BCUT2D eigenvalue weighted by atomic mass is 9.81. The Morgan fingerprint density at radius 2 is 1.67 bits per heavy atom. The first-order valence-electron chi connectivity index (χ1n) is 7.16. The highest BCUT2D eigenvalue weighted by Gasteiger charge is 2.18. The fourth-order valence-electron chi connectivity index (χ4n) is 2.24. The molecule has 0 saturated heterocycles. The van der Waals surface area contributed by atoms with Crippen molar-refractivity contribution in [3.8, 4) is 0 Å². The molecule has 0 heterocycles. The summed E-state index contributed by atoms with van der Waals surface area (Å²) >= 11 is 9.48. The molecule has 0 radical (unpaired) electrons. The Labute approximate surface area is 140 Å². The van der Waals surface area contributed by atoms with Gasteiger partial charge in [0, 0.05) is 4.47 Å². The molecule has 0 aliphatic heterocycles. The highest BCUT2D eigenvalue weighted by Crippen LogP contribution is 2.30. The minimum Gasteiger partial charge on any atom is -0.320 e. The van der Waals surface area contributed by atoms with E-state index in [-0.39, 0.29) is 11.5 Å². The topological polar surface area (TPSA) is 26.0 Å². The highest BCUT2D eigenvalue weighted by molar-refractivity contribution is 9.10. The maximum absolute atomic E-state index is 6.36. The number of hydrogen-bond donors (Lipinski definition) is 1. The van der Waals surface area contributed by atoms with Crippen LogP contribution in [0.2, 0.25) is 5.02 Å². The zero-order valence-corrected chi connectivity index (χ0v) is 15.0. The first kappa shape index (κ1) is 16.5. The van der Waals surface area contributed by atoms with Crippen molar-refractivity contribution in [1.29, 1.82) is 0 Å². The smallest absolute Gasteiger partial charge is 0.0552 e. The van der Waals surface area contributed by atoms with Crippen LogP contribution in [0.25, 0.3) is 0 Å². The normalized spacial score (nSPS) is 13.2. The fourth-order valence-corrected chi connectivity index (χ4v) is 2.76. The first-order valence-corrected chi connectivity index (χ1v) is 8.33. The highest BCUT2D eigenvalue weighted by atomic mass is 79.9. The van der Waals surface area contributed by atoms with Crippen LogP contribution >= 0.6 is 27.5 Å². The predicted octanol–water partition coefficient (Wildman–Crippen LogP) is 5.84. The third-order valence-electron chi connectivity index (χ3n) is 4.24. The molecule has 0 spiro atoms. The number of benzene rings is 2. The van der Waals surface area contributed by atoms with Gasteiger partial charge in [0.1, 0.15) is 0 Å². The quantitative estimate of drug-likeness (QED) is 0.723. The van der Waals surface area contributed by atoms with E-state index in [0.29, 0.717) is 5.02 Å². The molecule has 1 unspecified atom stereocenters. The Balaban J connectivity index is 2.27. The first-order chi connectivity index (χ1) is 9.85. The molecule has 0 aromatic heterocycles. The van der Waals surface area contributed by atoms with Crippen molar-refractivity contribution in [3.05, 3.63) is 68.7 Å². The van der Waals surface area contributed by atoms with Gasteiger partial charge in [0.2, 0.25) is 0 Å². The number of hydrogen-bond acceptors (Lipinski definition) is 1. The Bertz CT molecular complexity index is 620. The Hall–Kier alpha value is -0.830. The van der Waals surface area contributed by atoms with E-state index in [4.69, 9.17) is 17.3 Å². The molecule has 2 aromatic carbocycles. The van der Waals surface area contributed by atoms with Gasteiger partial charge < -0.3 is 5.73 Å². The van der Waals surface area contributed by atoms with Gasteiger partial charge in [-0.3, -0.25) is 0 Å². The number of nitrogens with two attached hydrogens (primary N) is 1. The van der Waals surface area contributed by atoms with E-state index in [2.05, 4.69) is 61.0 Å². The summed E-state index contributed by atoms with van der Waals surface area (Å²) in [5.74, 6) is 0. The molecular weight excluding hydrogens is 346 g/mol. The fraction of sp³-hybridized carbons (Fsp3) is 0.333. The summed E-state index contributed by atoms with van der Waals surface area (Å²) < 4.78 is 0.876. The summed E-state index contributed by atoms with van der Waals surface area (Å²) in [5.41, 5.74) is 10.1. The van der Waals surface area contributed by atoms with E-state index < -0.39 is 0 Å². The molecular formula is C18H21BrClN. The van der Waals surface area contributed by atoms with Gasteiger partial charge in [-0.05, 0) is 56.6 Å². The van der Waals surface area contributed by atoms with E-state index in [1.807, 2.05) is 18.2 Å². The molecule has 112 valence electrons. The van der Waals surface area contributed by atoms with Crippen LogP contribution in [0, 0.1) is 0 Å². The molecule has 0 saturated carbocycles. The lowest BCUT2D eigenvalue weighted by molar-refractivity contribution is 0.506. The third kappa shape index (κ3) is 3.68. The standard InChI is InChI=1S/C18H21BrClN/c1-4-18(2,3)14-8-5-12(6-9-14)17(21)13-7-10-16(20)15(19)11-13/h5-11,17H,4,21H2,1-3H3. The number of halogens is 2. The monoisotopic (exact) mass is 365 g/mol. The Morgan fingerprint density at radius 3 is 2.19 bits per heavy atom. The zero-order valence-electron chi connectivity index (χ0n) is 12.7. The molecule has 0 bridgehead atoms. The van der Waals surface area contributed by atoms with Crippen LogP contribution in [0.1, 0.15) is 49.9 Å². The van der Waals surface area contributed by atoms with E-state index in [9.17, 15) is 0 Å². The average molecular weight is 367 g/mol. The minimum atomic E-state index is -0.141. The molecule has 0 aliphatic rings. The summed E-state index contributed by atoms with van der Waals surface area (Å²) in [5, 5.41) is 0.700. The van der Waals surface area contributed by atoms with Crippen molar-refractivity contribution in [2.75, 3.05) is 0 Å². The average Bonchev–Trinajstić information content (AvgIpc) is 2.49. The van der Waals surface area contributed by atoms with Crippen LogP contribution in [0.3, 0.4) is 0 Å². The lowest BCUT2D eigenvalue weighted by Crippen LogP contribution is -2.16. The molecule has 1 nitrogen and oxygen atoms in total. The van der Waals surface area contributed by atoms with Gasteiger partial charge in [0.15, 0.2) is 0 Å².